The number of halogens is 1. The van der Waals surface area contributed by atoms with E-state index in [1.165, 1.54) is 17.3 Å². The minimum Gasteiger partial charge on any atom is -0.338 e. The number of H-pyrrole nitrogens is 1. The molecule has 0 bridgehead atoms. The fraction of sp³-hybridized carbons (Fsp3) is 0.118. The summed E-state index contributed by atoms with van der Waals surface area (Å²) in [7, 11) is 0. The number of nitrogens with one attached hydrogen (secondary N) is 1. The van der Waals surface area contributed by atoms with Gasteiger partial charge in [-0.05, 0) is 30.7 Å². The molecule has 4 rings (SSSR count). The van der Waals surface area contributed by atoms with Crippen molar-refractivity contribution in [3.8, 4) is 0 Å². The molecule has 0 saturated heterocycles. The fourth-order valence-corrected chi connectivity index (χ4v) is 3.56. The second kappa shape index (κ2) is 5.83. The van der Waals surface area contributed by atoms with Crippen LogP contribution in [0.4, 0.5) is 0 Å². The van der Waals surface area contributed by atoms with Crippen molar-refractivity contribution in [2.24, 2.45) is 0 Å². The summed E-state index contributed by atoms with van der Waals surface area (Å²) in [5.74, 6) is 0.714. The van der Waals surface area contributed by atoms with Crippen molar-refractivity contribution in [3.63, 3.8) is 0 Å². The fourth-order valence-electron chi connectivity index (χ4n) is 2.49. The predicted molar refractivity (Wildman–Crippen MR) is 94.9 cm³/mol. The zero-order chi connectivity index (χ0) is 15.8. The highest BCUT2D eigenvalue weighted by atomic mass is 35.5. The zero-order valence-corrected chi connectivity index (χ0v) is 13.9. The second-order valence-corrected chi connectivity index (χ2v) is 6.70. The van der Waals surface area contributed by atoms with Crippen LogP contribution in [-0.2, 0) is 5.75 Å². The second-order valence-electron chi connectivity index (χ2n) is 5.35. The zero-order valence-electron chi connectivity index (χ0n) is 12.4. The molecule has 6 heteroatoms. The highest BCUT2D eigenvalue weighted by Gasteiger charge is 2.10. The van der Waals surface area contributed by atoms with Crippen LogP contribution in [0.25, 0.3) is 22.1 Å². The van der Waals surface area contributed by atoms with E-state index in [9.17, 15) is 0 Å². The lowest BCUT2D eigenvalue weighted by molar-refractivity contribution is 0.878. The Hall–Kier alpha value is -2.11. The Bertz CT molecular complexity index is 1010. The third-order valence-corrected chi connectivity index (χ3v) is 4.92. The largest absolute Gasteiger partial charge is 0.338 e. The average molecular weight is 341 g/mol. The molecule has 0 unspecified atom stereocenters. The van der Waals surface area contributed by atoms with E-state index in [4.69, 9.17) is 11.6 Å². The summed E-state index contributed by atoms with van der Waals surface area (Å²) in [6.45, 7) is 2.06. The molecule has 4 nitrogen and oxygen atoms in total. The number of fused-ring (bicyclic) bond motifs is 3. The molecule has 0 atom stereocenters. The molecule has 0 radical (unpaired) electrons. The maximum absolute atomic E-state index is 6.18. The lowest BCUT2D eigenvalue weighted by atomic mass is 10.2. The number of hydrogen-bond acceptors (Lipinski definition) is 4. The highest BCUT2D eigenvalue weighted by Crippen LogP contribution is 2.27. The maximum Gasteiger partial charge on any atom is 0.211 e. The molecule has 1 N–H and O–H groups in total. The molecule has 0 amide bonds. The summed E-state index contributed by atoms with van der Waals surface area (Å²) in [5.41, 5.74) is 4.86. The number of benzene rings is 2. The standard InChI is InChI=1S/C17H13ClN4S/c1-10-6-7-14-12(8-10)15-16(19-14)20-17(22-21-15)23-9-11-4-2-3-5-13(11)18/h2-8H,9H2,1H3,(H,19,20,22). The first-order valence-corrected chi connectivity index (χ1v) is 8.56. The lowest BCUT2D eigenvalue weighted by Gasteiger charge is -2.02. The van der Waals surface area contributed by atoms with Crippen LogP contribution in [0.2, 0.25) is 5.02 Å². The first-order chi connectivity index (χ1) is 11.2. The Morgan fingerprint density at radius 2 is 2.00 bits per heavy atom. The van der Waals surface area contributed by atoms with E-state index in [0.29, 0.717) is 10.9 Å². The molecule has 2 aromatic carbocycles. The quantitative estimate of drug-likeness (QED) is 0.546. The van der Waals surface area contributed by atoms with Gasteiger partial charge in [0.25, 0.3) is 0 Å². The molecule has 0 fully saturated rings. The molecular formula is C17H13ClN4S. The number of thioether (sulfide) groups is 1. The summed E-state index contributed by atoms with van der Waals surface area (Å²) in [6, 6.07) is 14.0. The van der Waals surface area contributed by atoms with Crippen molar-refractivity contribution in [2.75, 3.05) is 0 Å². The van der Waals surface area contributed by atoms with Crippen LogP contribution >= 0.6 is 23.4 Å². The van der Waals surface area contributed by atoms with Gasteiger partial charge >= 0.3 is 0 Å². The van der Waals surface area contributed by atoms with Crippen LogP contribution in [0.1, 0.15) is 11.1 Å². The average Bonchev–Trinajstić information content (AvgIpc) is 2.91. The molecule has 2 aromatic heterocycles. The summed E-state index contributed by atoms with van der Waals surface area (Å²) >= 11 is 7.70. The highest BCUT2D eigenvalue weighted by molar-refractivity contribution is 7.98. The molecule has 2 heterocycles. The maximum atomic E-state index is 6.18. The third-order valence-electron chi connectivity index (χ3n) is 3.67. The van der Waals surface area contributed by atoms with Gasteiger partial charge in [-0.3, -0.25) is 0 Å². The molecular weight excluding hydrogens is 328 g/mol. The number of hydrogen-bond donors (Lipinski definition) is 1. The van der Waals surface area contributed by atoms with Gasteiger partial charge < -0.3 is 4.98 Å². The van der Waals surface area contributed by atoms with E-state index in [1.54, 1.807) is 0 Å². The number of rotatable bonds is 3. The predicted octanol–water partition coefficient (Wildman–Crippen LogP) is 4.76. The number of aromatic amines is 1. The van der Waals surface area contributed by atoms with Gasteiger partial charge in [-0.1, -0.05) is 53.2 Å². The van der Waals surface area contributed by atoms with E-state index >= 15 is 0 Å². The number of aryl methyl sites for hydroxylation is 1. The number of aromatic nitrogens is 4. The molecule has 0 aliphatic rings. The number of nitrogens with zero attached hydrogens (tertiary/aromatic N) is 3. The summed E-state index contributed by atoms with van der Waals surface area (Å²) < 4.78 is 0. The SMILES string of the molecule is Cc1ccc2[nH]c3nc(SCc4ccccc4Cl)nnc3c2c1. The molecule has 23 heavy (non-hydrogen) atoms. The molecule has 0 aliphatic carbocycles. The van der Waals surface area contributed by atoms with Gasteiger partial charge in [0.15, 0.2) is 5.65 Å². The van der Waals surface area contributed by atoms with Gasteiger partial charge in [0, 0.05) is 21.7 Å². The van der Waals surface area contributed by atoms with E-state index < -0.39 is 0 Å². The molecule has 4 aromatic rings. The van der Waals surface area contributed by atoms with Crippen molar-refractivity contribution in [2.45, 2.75) is 17.8 Å². The van der Waals surface area contributed by atoms with Crippen molar-refractivity contribution >= 4 is 45.4 Å². The molecule has 0 spiro atoms. The molecule has 0 aliphatic heterocycles. The van der Waals surface area contributed by atoms with E-state index in [2.05, 4.69) is 39.2 Å². The lowest BCUT2D eigenvalue weighted by Crippen LogP contribution is -1.92. The Balaban J connectivity index is 1.66. The minimum absolute atomic E-state index is 0.640. The van der Waals surface area contributed by atoms with Crippen molar-refractivity contribution in [3.05, 3.63) is 58.6 Å². The minimum atomic E-state index is 0.640. The van der Waals surface area contributed by atoms with Crippen LogP contribution < -0.4 is 0 Å². The van der Waals surface area contributed by atoms with Crippen LogP contribution in [0.5, 0.6) is 0 Å². The van der Waals surface area contributed by atoms with Gasteiger partial charge in [-0.25, -0.2) is 4.98 Å². The Morgan fingerprint density at radius 3 is 2.87 bits per heavy atom. The Labute approximate surface area is 142 Å². The van der Waals surface area contributed by atoms with Gasteiger partial charge in [0.1, 0.15) is 5.52 Å². The van der Waals surface area contributed by atoms with E-state index in [0.717, 1.165) is 32.7 Å². The van der Waals surface area contributed by atoms with Gasteiger partial charge in [-0.2, -0.15) is 0 Å². The van der Waals surface area contributed by atoms with Crippen LogP contribution in [-0.4, -0.2) is 20.2 Å². The monoisotopic (exact) mass is 340 g/mol. The summed E-state index contributed by atoms with van der Waals surface area (Å²) in [4.78, 5) is 7.88. The summed E-state index contributed by atoms with van der Waals surface area (Å²) in [6.07, 6.45) is 0. The van der Waals surface area contributed by atoms with Crippen molar-refractivity contribution in [1.82, 2.24) is 20.2 Å². The van der Waals surface area contributed by atoms with Gasteiger partial charge in [-0.15, -0.1) is 10.2 Å². The smallest absolute Gasteiger partial charge is 0.211 e. The first kappa shape index (κ1) is 14.5. The van der Waals surface area contributed by atoms with Crippen LogP contribution in [0.15, 0.2) is 47.6 Å². The van der Waals surface area contributed by atoms with Gasteiger partial charge in [0.05, 0.1) is 0 Å². The molecule has 114 valence electrons. The molecule has 0 saturated carbocycles. The third kappa shape index (κ3) is 2.78. The Morgan fingerprint density at radius 1 is 1.13 bits per heavy atom. The Kier molecular flexibility index (Phi) is 3.67. The van der Waals surface area contributed by atoms with Crippen LogP contribution in [0.3, 0.4) is 0 Å². The van der Waals surface area contributed by atoms with E-state index in [1.807, 2.05) is 30.3 Å². The van der Waals surface area contributed by atoms with Gasteiger partial charge in [0.2, 0.25) is 5.16 Å². The van der Waals surface area contributed by atoms with Crippen molar-refractivity contribution < 1.29 is 0 Å². The summed E-state index contributed by atoms with van der Waals surface area (Å²) in [5, 5.41) is 11.0. The van der Waals surface area contributed by atoms with E-state index in [-0.39, 0.29) is 0 Å². The van der Waals surface area contributed by atoms with Crippen molar-refractivity contribution in [1.29, 1.82) is 0 Å². The topological polar surface area (TPSA) is 54.5 Å². The van der Waals surface area contributed by atoms with Crippen LogP contribution in [0, 0.1) is 6.92 Å². The first-order valence-electron chi connectivity index (χ1n) is 7.20. The normalized spacial score (nSPS) is 11.4.